The number of rotatable bonds is 1. The number of aromatic amines is 1. The van der Waals surface area contributed by atoms with Crippen molar-refractivity contribution in [3.63, 3.8) is 0 Å². The van der Waals surface area contributed by atoms with Gasteiger partial charge < -0.3 is 9.88 Å². The summed E-state index contributed by atoms with van der Waals surface area (Å²) in [7, 11) is 3.51. The van der Waals surface area contributed by atoms with Crippen molar-refractivity contribution in [3.8, 4) is 0 Å². The Labute approximate surface area is 82.3 Å². The largest absolute Gasteiger partial charge is 0.361 e. The van der Waals surface area contributed by atoms with E-state index in [-0.39, 0.29) is 5.91 Å². The van der Waals surface area contributed by atoms with Gasteiger partial charge in [-0.2, -0.15) is 0 Å². The first-order valence-electron chi connectivity index (χ1n) is 4.48. The molecule has 0 saturated carbocycles. The van der Waals surface area contributed by atoms with E-state index in [0.717, 1.165) is 16.5 Å². The number of carbonyl (C=O) groups is 1. The predicted octanol–water partition coefficient (Wildman–Crippen LogP) is 1.87. The second-order valence-electron chi connectivity index (χ2n) is 3.45. The van der Waals surface area contributed by atoms with E-state index in [2.05, 4.69) is 4.98 Å². The van der Waals surface area contributed by atoms with E-state index < -0.39 is 0 Å². The molecule has 0 aliphatic carbocycles. The Bertz CT molecular complexity index is 471. The fourth-order valence-corrected chi connectivity index (χ4v) is 1.50. The van der Waals surface area contributed by atoms with Crippen molar-refractivity contribution >= 4 is 16.8 Å². The third-order valence-electron chi connectivity index (χ3n) is 2.22. The molecule has 3 heteroatoms. The maximum Gasteiger partial charge on any atom is 0.255 e. The number of aromatic nitrogens is 1. The van der Waals surface area contributed by atoms with Crippen LogP contribution in [0.4, 0.5) is 0 Å². The summed E-state index contributed by atoms with van der Waals surface area (Å²) in [6.07, 6.45) is 1.84. The van der Waals surface area contributed by atoms with E-state index in [1.807, 2.05) is 30.5 Å². The topological polar surface area (TPSA) is 36.1 Å². The zero-order valence-electron chi connectivity index (χ0n) is 8.24. The van der Waals surface area contributed by atoms with Gasteiger partial charge in [0.2, 0.25) is 0 Å². The van der Waals surface area contributed by atoms with Gasteiger partial charge in [0.25, 0.3) is 5.91 Å². The van der Waals surface area contributed by atoms with Crippen molar-refractivity contribution in [3.05, 3.63) is 36.0 Å². The lowest BCUT2D eigenvalue weighted by Gasteiger charge is -2.10. The van der Waals surface area contributed by atoms with Gasteiger partial charge in [0.1, 0.15) is 0 Å². The lowest BCUT2D eigenvalue weighted by molar-refractivity contribution is 0.0829. The molecule has 0 radical (unpaired) electrons. The molecule has 0 aliphatic heterocycles. The molecule has 0 bridgehead atoms. The molecule has 0 spiro atoms. The minimum Gasteiger partial charge on any atom is -0.361 e. The monoisotopic (exact) mass is 188 g/mol. The van der Waals surface area contributed by atoms with Crippen LogP contribution in [0, 0.1) is 0 Å². The van der Waals surface area contributed by atoms with Crippen LogP contribution in [0.1, 0.15) is 10.4 Å². The average molecular weight is 188 g/mol. The van der Waals surface area contributed by atoms with Gasteiger partial charge in [0.15, 0.2) is 0 Å². The van der Waals surface area contributed by atoms with Gasteiger partial charge >= 0.3 is 0 Å². The van der Waals surface area contributed by atoms with Crippen LogP contribution in [0.3, 0.4) is 0 Å². The van der Waals surface area contributed by atoms with E-state index in [9.17, 15) is 4.79 Å². The SMILES string of the molecule is CN(C)C(=O)c1cccc2cc[nH]c12. The third-order valence-corrected chi connectivity index (χ3v) is 2.22. The summed E-state index contributed by atoms with van der Waals surface area (Å²) in [5.74, 6) is 0.0260. The summed E-state index contributed by atoms with van der Waals surface area (Å²) >= 11 is 0. The van der Waals surface area contributed by atoms with Gasteiger partial charge in [-0.25, -0.2) is 0 Å². The fourth-order valence-electron chi connectivity index (χ4n) is 1.50. The van der Waals surface area contributed by atoms with Crippen molar-refractivity contribution in [2.75, 3.05) is 14.1 Å². The summed E-state index contributed by atoms with van der Waals surface area (Å²) in [5, 5.41) is 1.07. The number of amides is 1. The fraction of sp³-hybridized carbons (Fsp3) is 0.182. The molecule has 72 valence electrons. The Morgan fingerprint density at radius 3 is 2.79 bits per heavy atom. The Hall–Kier alpha value is -1.77. The first-order chi connectivity index (χ1) is 6.70. The zero-order valence-corrected chi connectivity index (χ0v) is 8.24. The molecule has 0 fully saturated rings. The quantitative estimate of drug-likeness (QED) is 0.728. The molecule has 3 nitrogen and oxygen atoms in total. The second kappa shape index (κ2) is 3.18. The van der Waals surface area contributed by atoms with Crippen LogP contribution in [0.25, 0.3) is 10.9 Å². The zero-order chi connectivity index (χ0) is 10.1. The highest BCUT2D eigenvalue weighted by molar-refractivity contribution is 6.05. The molecular weight excluding hydrogens is 176 g/mol. The number of para-hydroxylation sites is 1. The molecule has 2 rings (SSSR count). The summed E-state index contributed by atoms with van der Waals surface area (Å²) in [5.41, 5.74) is 1.63. The van der Waals surface area contributed by atoms with Crippen molar-refractivity contribution in [1.82, 2.24) is 9.88 Å². The smallest absolute Gasteiger partial charge is 0.255 e. The summed E-state index contributed by atoms with van der Waals surface area (Å²) in [4.78, 5) is 16.4. The van der Waals surface area contributed by atoms with Gasteiger partial charge in [-0.3, -0.25) is 4.79 Å². The normalized spacial score (nSPS) is 10.4. The van der Waals surface area contributed by atoms with Crippen LogP contribution in [0.15, 0.2) is 30.5 Å². The number of fused-ring (bicyclic) bond motifs is 1. The van der Waals surface area contributed by atoms with Crippen LogP contribution in [-0.2, 0) is 0 Å². The molecule has 1 amide bonds. The Morgan fingerprint density at radius 2 is 2.07 bits per heavy atom. The van der Waals surface area contributed by atoms with E-state index in [1.165, 1.54) is 0 Å². The summed E-state index contributed by atoms with van der Waals surface area (Å²) in [6.45, 7) is 0. The van der Waals surface area contributed by atoms with Gasteiger partial charge in [-0.1, -0.05) is 12.1 Å². The third kappa shape index (κ3) is 1.27. The van der Waals surface area contributed by atoms with Crippen LogP contribution in [-0.4, -0.2) is 29.9 Å². The molecular formula is C11H12N2O. The lowest BCUT2D eigenvalue weighted by Crippen LogP contribution is -2.21. The molecule has 14 heavy (non-hydrogen) atoms. The lowest BCUT2D eigenvalue weighted by atomic mass is 10.1. The van der Waals surface area contributed by atoms with E-state index in [4.69, 9.17) is 0 Å². The number of H-pyrrole nitrogens is 1. The van der Waals surface area contributed by atoms with Gasteiger partial charge in [-0.05, 0) is 12.1 Å². The Morgan fingerprint density at radius 1 is 1.29 bits per heavy atom. The highest BCUT2D eigenvalue weighted by Gasteiger charge is 2.11. The average Bonchev–Trinajstić information content (AvgIpc) is 2.63. The van der Waals surface area contributed by atoms with E-state index in [0.29, 0.717) is 0 Å². The number of carbonyl (C=O) groups excluding carboxylic acids is 1. The first-order valence-corrected chi connectivity index (χ1v) is 4.48. The standard InChI is InChI=1S/C11H12N2O/c1-13(2)11(14)9-5-3-4-8-6-7-12-10(8)9/h3-7,12H,1-2H3. The van der Waals surface area contributed by atoms with Crippen LogP contribution in [0.2, 0.25) is 0 Å². The maximum absolute atomic E-state index is 11.8. The van der Waals surface area contributed by atoms with Crippen molar-refractivity contribution in [2.24, 2.45) is 0 Å². The van der Waals surface area contributed by atoms with Gasteiger partial charge in [0, 0.05) is 25.7 Å². The highest BCUT2D eigenvalue weighted by Crippen LogP contribution is 2.17. The minimum absolute atomic E-state index is 0.0260. The Balaban J connectivity index is 2.62. The number of nitrogens with one attached hydrogen (secondary N) is 1. The molecule has 0 saturated heterocycles. The molecule has 2 aromatic rings. The van der Waals surface area contributed by atoms with Gasteiger partial charge in [0.05, 0.1) is 11.1 Å². The summed E-state index contributed by atoms with van der Waals surface area (Å²) in [6, 6.07) is 7.67. The number of nitrogens with zero attached hydrogens (tertiary/aromatic N) is 1. The highest BCUT2D eigenvalue weighted by atomic mass is 16.2. The second-order valence-corrected chi connectivity index (χ2v) is 3.45. The molecule has 0 unspecified atom stereocenters. The molecule has 0 atom stereocenters. The van der Waals surface area contributed by atoms with Crippen molar-refractivity contribution in [2.45, 2.75) is 0 Å². The number of hydrogen-bond donors (Lipinski definition) is 1. The Kier molecular flexibility index (Phi) is 2.00. The predicted molar refractivity (Wildman–Crippen MR) is 56.3 cm³/mol. The van der Waals surface area contributed by atoms with Crippen LogP contribution < -0.4 is 0 Å². The molecule has 1 aromatic heterocycles. The van der Waals surface area contributed by atoms with E-state index >= 15 is 0 Å². The van der Waals surface area contributed by atoms with Gasteiger partial charge in [-0.15, -0.1) is 0 Å². The molecule has 1 aromatic carbocycles. The summed E-state index contributed by atoms with van der Waals surface area (Å²) < 4.78 is 0. The van der Waals surface area contributed by atoms with Crippen molar-refractivity contribution < 1.29 is 4.79 Å². The maximum atomic E-state index is 11.8. The number of hydrogen-bond acceptors (Lipinski definition) is 1. The van der Waals surface area contributed by atoms with E-state index in [1.54, 1.807) is 19.0 Å². The first kappa shape index (κ1) is 8.81. The molecule has 1 N–H and O–H groups in total. The minimum atomic E-state index is 0.0260. The number of benzene rings is 1. The van der Waals surface area contributed by atoms with Crippen LogP contribution in [0.5, 0.6) is 0 Å². The molecule has 1 heterocycles. The van der Waals surface area contributed by atoms with Crippen molar-refractivity contribution in [1.29, 1.82) is 0 Å². The molecule has 0 aliphatic rings. The van der Waals surface area contributed by atoms with Crippen LogP contribution >= 0.6 is 0 Å².